The molecule has 0 nitrogen and oxygen atoms in total. The summed E-state index contributed by atoms with van der Waals surface area (Å²) in [6.07, 6.45) is 5.87. The second kappa shape index (κ2) is 5.79. The molecule has 0 amide bonds. The topological polar surface area (TPSA) is 0 Å². The van der Waals surface area contributed by atoms with Crippen LogP contribution >= 0.6 is 59.0 Å². The number of rotatable bonds is 1. The molecule has 1 aliphatic carbocycles. The van der Waals surface area contributed by atoms with Crippen LogP contribution in [0.5, 0.6) is 0 Å². The van der Waals surface area contributed by atoms with Gasteiger partial charge in [-0.1, -0.05) is 65.7 Å². The van der Waals surface area contributed by atoms with Gasteiger partial charge in [-0.15, -0.1) is 12.6 Å². The summed E-state index contributed by atoms with van der Waals surface area (Å²) in [4.78, 5) is 0.461. The summed E-state index contributed by atoms with van der Waals surface area (Å²) in [6.45, 7) is 0. The first kappa shape index (κ1) is 14.1. The molecule has 1 fully saturated rings. The minimum atomic E-state index is 0.368. The average molecular weight is 330 g/mol. The van der Waals surface area contributed by atoms with Gasteiger partial charge in [0.05, 0.1) is 20.1 Å². The van der Waals surface area contributed by atoms with E-state index in [1.807, 2.05) is 0 Å². The van der Waals surface area contributed by atoms with Gasteiger partial charge in [0.25, 0.3) is 0 Å². The molecule has 94 valence electrons. The summed E-state index contributed by atoms with van der Waals surface area (Å²) in [5.74, 6) is 0.368. The van der Waals surface area contributed by atoms with Crippen molar-refractivity contribution in [2.24, 2.45) is 0 Å². The molecule has 0 aromatic heterocycles. The van der Waals surface area contributed by atoms with Crippen LogP contribution in [0.3, 0.4) is 0 Å². The Kier molecular flexibility index (Phi) is 4.82. The Labute approximate surface area is 127 Å². The molecule has 0 N–H and O–H groups in total. The van der Waals surface area contributed by atoms with E-state index < -0.39 is 0 Å². The van der Waals surface area contributed by atoms with E-state index in [1.54, 1.807) is 0 Å². The van der Waals surface area contributed by atoms with Gasteiger partial charge < -0.3 is 0 Å². The molecule has 1 saturated carbocycles. The lowest BCUT2D eigenvalue weighted by atomic mass is 9.84. The average Bonchev–Trinajstić information content (AvgIpc) is 2.36. The lowest BCUT2D eigenvalue weighted by molar-refractivity contribution is 0.444. The smallest absolute Gasteiger partial charge is 0.0744 e. The van der Waals surface area contributed by atoms with Crippen molar-refractivity contribution in [2.75, 3.05) is 0 Å². The Morgan fingerprint density at radius 3 is 1.71 bits per heavy atom. The maximum atomic E-state index is 6.29. The van der Waals surface area contributed by atoms with Crippen LogP contribution in [-0.2, 0) is 0 Å². The molecule has 1 aromatic rings. The first-order valence-corrected chi connectivity index (χ1v) is 7.54. The number of hydrogen-bond donors (Lipinski definition) is 1. The van der Waals surface area contributed by atoms with Crippen LogP contribution in [0.2, 0.25) is 20.1 Å². The van der Waals surface area contributed by atoms with Crippen molar-refractivity contribution in [1.29, 1.82) is 0 Å². The van der Waals surface area contributed by atoms with Gasteiger partial charge in [0.2, 0.25) is 0 Å². The summed E-state index contributed by atoms with van der Waals surface area (Å²) < 4.78 is 0. The van der Waals surface area contributed by atoms with Gasteiger partial charge in [-0.05, 0) is 24.3 Å². The quantitative estimate of drug-likeness (QED) is 0.433. The SMILES string of the molecule is Sc1c(Cl)c(Cl)c(C2CCCCC2)c(Cl)c1Cl. The molecular formula is C12H12Cl4S. The maximum Gasteiger partial charge on any atom is 0.0744 e. The predicted molar refractivity (Wildman–Crippen MR) is 79.6 cm³/mol. The lowest BCUT2D eigenvalue weighted by Gasteiger charge is -2.25. The van der Waals surface area contributed by atoms with Crippen molar-refractivity contribution in [3.63, 3.8) is 0 Å². The first-order chi connectivity index (χ1) is 8.04. The third kappa shape index (κ3) is 2.69. The van der Waals surface area contributed by atoms with E-state index in [9.17, 15) is 0 Å². The van der Waals surface area contributed by atoms with Gasteiger partial charge >= 0.3 is 0 Å². The Hall–Kier alpha value is 0.730. The number of thiol groups is 1. The van der Waals surface area contributed by atoms with Gasteiger partial charge in [-0.2, -0.15) is 0 Å². The fourth-order valence-corrected chi connectivity index (χ4v) is 3.92. The van der Waals surface area contributed by atoms with E-state index in [4.69, 9.17) is 46.4 Å². The van der Waals surface area contributed by atoms with Crippen molar-refractivity contribution >= 4 is 59.0 Å². The molecule has 0 aliphatic heterocycles. The Morgan fingerprint density at radius 1 is 0.765 bits per heavy atom. The van der Waals surface area contributed by atoms with Gasteiger partial charge in [0, 0.05) is 4.90 Å². The Morgan fingerprint density at radius 2 is 1.24 bits per heavy atom. The summed E-state index contributed by atoms with van der Waals surface area (Å²) in [5.41, 5.74) is 0.904. The fourth-order valence-electron chi connectivity index (χ4n) is 2.39. The summed E-state index contributed by atoms with van der Waals surface area (Å²) in [7, 11) is 0. The molecule has 0 heterocycles. The van der Waals surface area contributed by atoms with Crippen molar-refractivity contribution < 1.29 is 0 Å². The third-order valence-corrected chi connectivity index (χ3v) is 5.73. The maximum absolute atomic E-state index is 6.29. The van der Waals surface area contributed by atoms with Crippen molar-refractivity contribution in [1.82, 2.24) is 0 Å². The van der Waals surface area contributed by atoms with Crippen molar-refractivity contribution in [3.8, 4) is 0 Å². The highest BCUT2D eigenvalue weighted by Crippen LogP contribution is 2.48. The zero-order valence-electron chi connectivity index (χ0n) is 9.07. The van der Waals surface area contributed by atoms with Crippen LogP contribution in [0.25, 0.3) is 0 Å². The second-order valence-corrected chi connectivity index (χ2v) is 6.31. The van der Waals surface area contributed by atoms with Crippen LogP contribution in [-0.4, -0.2) is 0 Å². The van der Waals surface area contributed by atoms with E-state index >= 15 is 0 Å². The summed E-state index contributed by atoms with van der Waals surface area (Å²) in [6, 6.07) is 0. The minimum absolute atomic E-state index is 0.368. The molecule has 0 spiro atoms. The van der Waals surface area contributed by atoms with Crippen LogP contribution in [0.4, 0.5) is 0 Å². The van der Waals surface area contributed by atoms with E-state index in [0.29, 0.717) is 30.9 Å². The zero-order valence-corrected chi connectivity index (χ0v) is 13.0. The number of hydrogen-bond acceptors (Lipinski definition) is 1. The van der Waals surface area contributed by atoms with Gasteiger partial charge in [-0.25, -0.2) is 0 Å². The van der Waals surface area contributed by atoms with E-state index in [1.165, 1.54) is 19.3 Å². The van der Waals surface area contributed by atoms with Gasteiger partial charge in [-0.3, -0.25) is 0 Å². The molecule has 5 heteroatoms. The van der Waals surface area contributed by atoms with E-state index in [2.05, 4.69) is 12.6 Å². The first-order valence-electron chi connectivity index (χ1n) is 5.58. The van der Waals surface area contributed by atoms with Crippen LogP contribution in [0.15, 0.2) is 4.90 Å². The van der Waals surface area contributed by atoms with E-state index in [-0.39, 0.29) is 0 Å². The fraction of sp³-hybridized carbons (Fsp3) is 0.500. The lowest BCUT2D eigenvalue weighted by Crippen LogP contribution is -2.06. The standard InChI is InChI=1S/C12H12Cl4S/c13-8-7(6-4-2-1-3-5-6)9(14)11(16)12(17)10(8)15/h6,17H,1-5H2. The predicted octanol–water partition coefficient (Wildman–Crippen LogP) is 6.64. The molecule has 0 bridgehead atoms. The van der Waals surface area contributed by atoms with Gasteiger partial charge in [0.1, 0.15) is 0 Å². The molecule has 0 saturated heterocycles. The summed E-state index contributed by atoms with van der Waals surface area (Å²) >= 11 is 29.1. The van der Waals surface area contributed by atoms with Crippen LogP contribution in [0.1, 0.15) is 43.6 Å². The molecule has 1 aliphatic rings. The highest BCUT2D eigenvalue weighted by molar-refractivity contribution is 7.80. The van der Waals surface area contributed by atoms with Crippen molar-refractivity contribution in [2.45, 2.75) is 42.9 Å². The van der Waals surface area contributed by atoms with Crippen molar-refractivity contribution in [3.05, 3.63) is 25.7 Å². The number of halogens is 4. The summed E-state index contributed by atoms with van der Waals surface area (Å²) in [5, 5.41) is 1.84. The molecule has 1 aromatic carbocycles. The highest BCUT2D eigenvalue weighted by Gasteiger charge is 2.25. The Balaban J connectivity index is 2.52. The number of benzene rings is 1. The highest BCUT2D eigenvalue weighted by atomic mass is 35.5. The Bertz CT molecular complexity index is 410. The molecular weight excluding hydrogens is 318 g/mol. The normalized spacial score (nSPS) is 17.5. The largest absolute Gasteiger partial charge is 0.140 e. The minimum Gasteiger partial charge on any atom is -0.140 e. The van der Waals surface area contributed by atoms with Gasteiger partial charge in [0.15, 0.2) is 0 Å². The van der Waals surface area contributed by atoms with E-state index in [0.717, 1.165) is 18.4 Å². The van der Waals surface area contributed by atoms with Crippen LogP contribution in [0, 0.1) is 0 Å². The molecule has 0 unspecified atom stereocenters. The molecule has 17 heavy (non-hydrogen) atoms. The third-order valence-electron chi connectivity index (χ3n) is 3.29. The monoisotopic (exact) mass is 328 g/mol. The second-order valence-electron chi connectivity index (χ2n) is 4.35. The zero-order chi connectivity index (χ0) is 12.6. The molecule has 0 atom stereocenters. The van der Waals surface area contributed by atoms with Crippen LogP contribution < -0.4 is 0 Å². The molecule has 0 radical (unpaired) electrons. The molecule has 2 rings (SSSR count).